The molecule has 2 heterocycles. The number of benzene rings is 5. The molecule has 0 spiro atoms. The van der Waals surface area contributed by atoms with Gasteiger partial charge >= 0.3 is 17.9 Å². The third-order valence-corrected chi connectivity index (χ3v) is 8.56. The van der Waals surface area contributed by atoms with Gasteiger partial charge in [0, 0.05) is 54.0 Å². The summed E-state index contributed by atoms with van der Waals surface area (Å²) in [7, 11) is 0. The monoisotopic (exact) mass is 836 g/mol. The summed E-state index contributed by atoms with van der Waals surface area (Å²) >= 11 is 4.74. The molecule has 0 radical (unpaired) electrons. The molecule has 316 valence electrons. The molecule has 2 aromatic heterocycles. The highest BCUT2D eigenvalue weighted by Gasteiger charge is 2.11. The zero-order chi connectivity index (χ0) is 43.5. The Kier molecular flexibility index (Phi) is 21.9. The Bertz CT molecular complexity index is 2270. The first kappa shape index (κ1) is 48.0. The van der Waals surface area contributed by atoms with Crippen LogP contribution in [0.2, 0.25) is 0 Å². The van der Waals surface area contributed by atoms with Crippen molar-refractivity contribution in [2.75, 3.05) is 37.4 Å². The molecule has 0 fully saturated rings. The lowest BCUT2D eigenvalue weighted by Crippen LogP contribution is -2.11. The number of halogens is 1. The van der Waals surface area contributed by atoms with E-state index in [4.69, 9.17) is 53.8 Å². The van der Waals surface area contributed by atoms with Crippen LogP contribution in [0.3, 0.4) is 0 Å². The largest absolute Gasteiger partial charge is 0.481 e. The van der Waals surface area contributed by atoms with E-state index in [0.717, 1.165) is 80.2 Å². The summed E-state index contributed by atoms with van der Waals surface area (Å²) in [6, 6.07) is 42.1. The molecule has 0 aliphatic heterocycles. The SMILES string of the molecule is NCCCCC(=O)O.NCCN.O=C(O)CCCCNc1c2ccccc2nc2ccccc12.O=C(O)CCl.c1ccc(Oc2c3ccccc3nc3ccccc23)cc1. The molecular weight excluding hydrogens is 784 g/mol. The number of fused-ring (bicyclic) bond motifs is 4. The van der Waals surface area contributed by atoms with Gasteiger partial charge in [-0.05, 0) is 80.8 Å². The van der Waals surface area contributed by atoms with Gasteiger partial charge in [0.1, 0.15) is 17.4 Å². The zero-order valence-electron chi connectivity index (χ0n) is 33.4. The van der Waals surface area contributed by atoms with Crippen LogP contribution in [-0.4, -0.2) is 75.3 Å². The van der Waals surface area contributed by atoms with Crippen LogP contribution < -0.4 is 27.3 Å². The Balaban J connectivity index is 0.000000234. The number of nitrogens with two attached hydrogens (primary N) is 3. The normalized spacial score (nSPS) is 10.1. The van der Waals surface area contributed by atoms with Crippen molar-refractivity contribution in [2.24, 2.45) is 17.2 Å². The van der Waals surface area contributed by atoms with E-state index >= 15 is 0 Å². The van der Waals surface area contributed by atoms with Crippen molar-refractivity contribution >= 4 is 78.8 Å². The number of rotatable bonds is 14. The number of carboxylic acids is 3. The van der Waals surface area contributed by atoms with E-state index in [2.05, 4.69) is 22.4 Å². The number of anilines is 1. The fourth-order valence-corrected chi connectivity index (χ4v) is 5.58. The van der Waals surface area contributed by atoms with Crippen LogP contribution in [0.1, 0.15) is 38.5 Å². The van der Waals surface area contributed by atoms with E-state index in [9.17, 15) is 14.4 Å². The summed E-state index contributed by atoms with van der Waals surface area (Å²) in [5, 5.41) is 32.1. The standard InChI is InChI=1S/C19H13NO.C18H18N2O2.C5H11NO2.C2H3ClO2.C2H8N2/c1-2-8-14(9-3-1)21-19-15-10-4-6-12-17(15)20-18-13-7-5-11-16(18)19;21-17(22)11-5-6-12-19-18-13-7-1-3-9-15(13)20-16-10-4-2-8-14(16)18;6-4-2-1-3-5(7)8;3-1-2(4)5;3-1-2-4/h1-13H;1-4,7-10H,5-6,11-12H2,(H,19,20)(H,21,22);1-4,6H2,(H,7,8);1H2,(H,4,5);1-4H2. The minimum absolute atomic E-state index is 0.222. The van der Waals surface area contributed by atoms with E-state index in [1.165, 1.54) is 0 Å². The molecule has 0 saturated heterocycles. The summed E-state index contributed by atoms with van der Waals surface area (Å²) in [6.45, 7) is 2.54. The van der Waals surface area contributed by atoms with Crippen molar-refractivity contribution < 1.29 is 34.4 Å². The Morgan fingerprint density at radius 2 is 0.900 bits per heavy atom. The number of alkyl halides is 1. The van der Waals surface area contributed by atoms with Gasteiger partial charge in [0.15, 0.2) is 0 Å². The second-order valence-electron chi connectivity index (χ2n) is 12.9. The van der Waals surface area contributed by atoms with E-state index in [-0.39, 0.29) is 18.7 Å². The predicted octanol–water partition coefficient (Wildman–Crippen LogP) is 8.65. The van der Waals surface area contributed by atoms with Crippen LogP contribution in [-0.2, 0) is 14.4 Å². The number of ether oxygens (including phenoxy) is 1. The molecule has 0 amide bonds. The van der Waals surface area contributed by atoms with E-state index < -0.39 is 17.9 Å². The van der Waals surface area contributed by atoms with Gasteiger partial charge in [-0.2, -0.15) is 0 Å². The molecular formula is C46H53ClN6O7. The van der Waals surface area contributed by atoms with E-state index in [0.29, 0.717) is 32.5 Å². The number of para-hydroxylation sites is 5. The van der Waals surface area contributed by atoms with Gasteiger partial charge in [0.05, 0.1) is 27.8 Å². The first-order valence-electron chi connectivity index (χ1n) is 19.5. The van der Waals surface area contributed by atoms with Crippen LogP contribution >= 0.6 is 11.6 Å². The number of aromatic nitrogens is 2. The fraction of sp³-hybridized carbons (Fsp3) is 0.239. The van der Waals surface area contributed by atoms with Gasteiger partial charge in [0.25, 0.3) is 0 Å². The minimum Gasteiger partial charge on any atom is -0.481 e. The Morgan fingerprint density at radius 1 is 0.517 bits per heavy atom. The average molecular weight is 837 g/mol. The summed E-state index contributed by atoms with van der Waals surface area (Å²) in [6.07, 6.45) is 3.50. The highest BCUT2D eigenvalue weighted by Crippen LogP contribution is 2.36. The topological polar surface area (TPSA) is 237 Å². The smallest absolute Gasteiger partial charge is 0.318 e. The van der Waals surface area contributed by atoms with E-state index in [1.807, 2.05) is 115 Å². The Morgan fingerprint density at radius 3 is 1.30 bits per heavy atom. The van der Waals surface area contributed by atoms with Crippen LogP contribution in [0, 0.1) is 0 Å². The molecule has 10 N–H and O–H groups in total. The van der Waals surface area contributed by atoms with E-state index in [1.54, 1.807) is 0 Å². The number of pyridine rings is 2. The lowest BCUT2D eigenvalue weighted by Gasteiger charge is -2.13. The van der Waals surface area contributed by atoms with Gasteiger partial charge < -0.3 is 42.6 Å². The third-order valence-electron chi connectivity index (χ3n) is 8.33. The van der Waals surface area contributed by atoms with Gasteiger partial charge in [0.2, 0.25) is 0 Å². The zero-order valence-corrected chi connectivity index (χ0v) is 34.1. The molecule has 0 aliphatic carbocycles. The maximum atomic E-state index is 10.6. The molecule has 14 heteroatoms. The van der Waals surface area contributed by atoms with Crippen LogP contribution in [0.5, 0.6) is 11.5 Å². The molecule has 0 atom stereocenters. The first-order chi connectivity index (χ1) is 29.1. The second-order valence-corrected chi connectivity index (χ2v) is 13.2. The molecule has 0 unspecified atom stereocenters. The molecule has 5 aromatic carbocycles. The van der Waals surface area contributed by atoms with Gasteiger partial charge in [-0.25, -0.2) is 9.97 Å². The molecule has 13 nitrogen and oxygen atoms in total. The maximum absolute atomic E-state index is 10.6. The number of aliphatic carboxylic acids is 3. The van der Waals surface area contributed by atoms with Crippen LogP contribution in [0.25, 0.3) is 43.6 Å². The molecule has 0 bridgehead atoms. The number of hydrogen-bond donors (Lipinski definition) is 7. The van der Waals surface area contributed by atoms with Crippen molar-refractivity contribution in [3.05, 3.63) is 127 Å². The fourth-order valence-electron chi connectivity index (χ4n) is 5.58. The van der Waals surface area contributed by atoms with Crippen molar-refractivity contribution in [1.29, 1.82) is 0 Å². The number of carbonyl (C=O) groups is 3. The Labute approximate surface area is 354 Å². The predicted molar refractivity (Wildman–Crippen MR) is 242 cm³/mol. The lowest BCUT2D eigenvalue weighted by atomic mass is 10.1. The van der Waals surface area contributed by atoms with Crippen LogP contribution in [0.15, 0.2) is 127 Å². The van der Waals surface area contributed by atoms with Gasteiger partial charge in [-0.15, -0.1) is 11.6 Å². The maximum Gasteiger partial charge on any atom is 0.318 e. The molecule has 0 aliphatic rings. The average Bonchev–Trinajstić information content (AvgIpc) is 3.27. The number of unbranched alkanes of at least 4 members (excludes halogenated alkanes) is 2. The molecule has 0 saturated carbocycles. The second kappa shape index (κ2) is 27.3. The quantitative estimate of drug-likeness (QED) is 0.0309. The number of nitrogens with one attached hydrogen (secondary N) is 1. The van der Waals surface area contributed by atoms with Gasteiger partial charge in [-0.3, -0.25) is 14.4 Å². The summed E-state index contributed by atoms with van der Waals surface area (Å²) < 4.78 is 6.16. The highest BCUT2D eigenvalue weighted by atomic mass is 35.5. The number of carboxylic acid groups (broad SMARTS) is 3. The molecule has 60 heavy (non-hydrogen) atoms. The van der Waals surface area contributed by atoms with Crippen molar-refractivity contribution in [1.82, 2.24) is 9.97 Å². The summed E-state index contributed by atoms with van der Waals surface area (Å²) in [4.78, 5) is 39.0. The lowest BCUT2D eigenvalue weighted by molar-refractivity contribution is -0.138. The number of nitrogens with zero attached hydrogens (tertiary/aromatic N) is 2. The van der Waals surface area contributed by atoms with Crippen molar-refractivity contribution in [3.63, 3.8) is 0 Å². The summed E-state index contributed by atoms with van der Waals surface area (Å²) in [5.74, 6) is -1.06. The van der Waals surface area contributed by atoms with Crippen molar-refractivity contribution in [3.8, 4) is 11.5 Å². The van der Waals surface area contributed by atoms with Crippen LogP contribution in [0.4, 0.5) is 5.69 Å². The summed E-state index contributed by atoms with van der Waals surface area (Å²) in [5.41, 5.74) is 19.8. The Hall–Kier alpha value is -6.38. The number of hydrogen-bond acceptors (Lipinski definition) is 10. The minimum atomic E-state index is -0.980. The molecule has 7 rings (SSSR count). The first-order valence-corrected chi connectivity index (χ1v) is 20.0. The van der Waals surface area contributed by atoms with Crippen molar-refractivity contribution in [2.45, 2.75) is 38.5 Å². The highest BCUT2D eigenvalue weighted by molar-refractivity contribution is 6.26. The molecule has 7 aromatic rings. The van der Waals surface area contributed by atoms with Gasteiger partial charge in [-0.1, -0.05) is 78.9 Å². The third kappa shape index (κ3) is 16.5.